The minimum atomic E-state index is -0.500. The number of carbonyl (C=O) groups excluding carboxylic acids is 1. The largest absolute Gasteiger partial charge is 0.436 e. The molecule has 5 nitrogen and oxygen atoms in total. The van der Waals surface area contributed by atoms with Gasteiger partial charge in [-0.25, -0.2) is 4.79 Å². The van der Waals surface area contributed by atoms with Gasteiger partial charge in [0.2, 0.25) is 0 Å². The first-order valence-electron chi connectivity index (χ1n) is 12.3. The molecule has 0 saturated carbocycles. The normalized spacial score (nSPS) is 19.4. The van der Waals surface area contributed by atoms with Crippen molar-refractivity contribution in [2.45, 2.75) is 54.4 Å². The summed E-state index contributed by atoms with van der Waals surface area (Å²) >= 11 is 8.16. The molecule has 0 unspecified atom stereocenters. The van der Waals surface area contributed by atoms with Crippen LogP contribution >= 0.6 is 23.4 Å². The van der Waals surface area contributed by atoms with Crippen LogP contribution in [0.5, 0.6) is 0 Å². The Hall–Kier alpha value is -2.15. The summed E-state index contributed by atoms with van der Waals surface area (Å²) in [4.78, 5) is 21.6. The van der Waals surface area contributed by atoms with E-state index in [0.717, 1.165) is 69.0 Å². The van der Waals surface area contributed by atoms with Crippen LogP contribution in [0, 0.1) is 0 Å². The highest BCUT2D eigenvalue weighted by atomic mass is 35.5. The molecule has 0 N–H and O–H groups in total. The van der Waals surface area contributed by atoms with E-state index in [1.54, 1.807) is 4.90 Å². The molecule has 1 amide bonds. The first-order valence-corrected chi connectivity index (χ1v) is 13.5. The van der Waals surface area contributed by atoms with E-state index in [1.807, 2.05) is 17.8 Å². The number of ether oxygens (including phenoxy) is 1. The molecule has 2 saturated heterocycles. The molecule has 3 aliphatic heterocycles. The lowest BCUT2D eigenvalue weighted by Gasteiger charge is -2.39. The lowest BCUT2D eigenvalue weighted by atomic mass is 9.88. The zero-order chi connectivity index (χ0) is 23.7. The number of halogens is 1. The fourth-order valence-electron chi connectivity index (χ4n) is 5.20. The standard InChI is InChI=1S/C27H32ClN3O2S/c1-3-4-15-30-20(2)27(33-26(30)32)12-17-29(18-13-27)14-7-16-31-22-8-5-6-9-24(22)34-25-11-10-21(28)19-23(25)31/h5-6,8-11,19H,2-4,7,12-18H2,1H3. The average Bonchev–Trinajstić information content (AvgIpc) is 3.07. The lowest BCUT2D eigenvalue weighted by molar-refractivity contribution is 0.0147. The zero-order valence-electron chi connectivity index (χ0n) is 19.8. The molecule has 2 fully saturated rings. The number of rotatable bonds is 7. The maximum Gasteiger partial charge on any atom is 0.415 e. The number of para-hydroxylation sites is 1. The highest BCUT2D eigenvalue weighted by Gasteiger charge is 2.50. The van der Waals surface area contributed by atoms with Crippen molar-refractivity contribution < 1.29 is 9.53 Å². The molecule has 3 aliphatic rings. The van der Waals surface area contributed by atoms with Crippen molar-refractivity contribution in [1.29, 1.82) is 0 Å². The third-order valence-electron chi connectivity index (χ3n) is 7.20. The fourth-order valence-corrected chi connectivity index (χ4v) is 6.45. The Morgan fingerprint density at radius 2 is 1.74 bits per heavy atom. The maximum atomic E-state index is 12.4. The summed E-state index contributed by atoms with van der Waals surface area (Å²) in [6.07, 6.45) is 4.49. The van der Waals surface area contributed by atoms with Gasteiger partial charge in [0.25, 0.3) is 0 Å². The van der Waals surface area contributed by atoms with Crippen LogP contribution in [-0.2, 0) is 4.74 Å². The molecule has 3 heterocycles. The number of carbonyl (C=O) groups is 1. The minimum absolute atomic E-state index is 0.217. The summed E-state index contributed by atoms with van der Waals surface area (Å²) < 4.78 is 5.89. The molecular formula is C27H32ClN3O2S. The van der Waals surface area contributed by atoms with E-state index in [0.29, 0.717) is 6.54 Å². The molecule has 1 spiro atoms. The lowest BCUT2D eigenvalue weighted by Crippen LogP contribution is -2.46. The van der Waals surface area contributed by atoms with Crippen molar-refractivity contribution >= 4 is 40.8 Å². The van der Waals surface area contributed by atoms with E-state index >= 15 is 0 Å². The Bertz CT molecular complexity index is 1080. The second kappa shape index (κ2) is 9.84. The molecule has 0 radical (unpaired) electrons. The van der Waals surface area contributed by atoms with Gasteiger partial charge in [0.1, 0.15) is 0 Å². The van der Waals surface area contributed by atoms with E-state index in [2.05, 4.69) is 59.7 Å². The van der Waals surface area contributed by atoms with Crippen LogP contribution in [0.4, 0.5) is 16.2 Å². The van der Waals surface area contributed by atoms with Gasteiger partial charge in [-0.2, -0.15) is 0 Å². The summed E-state index contributed by atoms with van der Waals surface area (Å²) in [7, 11) is 0. The number of fused-ring (bicyclic) bond motifs is 2. The predicted molar refractivity (Wildman–Crippen MR) is 139 cm³/mol. The second-order valence-corrected chi connectivity index (χ2v) is 10.9. The van der Waals surface area contributed by atoms with E-state index in [9.17, 15) is 4.79 Å². The maximum absolute atomic E-state index is 12.4. The van der Waals surface area contributed by atoms with Crippen molar-refractivity contribution in [3.05, 3.63) is 59.8 Å². The number of hydrogen-bond acceptors (Lipinski definition) is 5. The van der Waals surface area contributed by atoms with Gasteiger partial charge in [-0.15, -0.1) is 0 Å². The number of hydrogen-bond donors (Lipinski definition) is 0. The summed E-state index contributed by atoms with van der Waals surface area (Å²) in [5.74, 6) is 0. The number of unbranched alkanes of at least 4 members (excludes halogenated alkanes) is 1. The predicted octanol–water partition coefficient (Wildman–Crippen LogP) is 6.93. The Morgan fingerprint density at radius 1 is 1.00 bits per heavy atom. The van der Waals surface area contributed by atoms with Crippen LogP contribution in [0.15, 0.2) is 64.5 Å². The number of piperidine rings is 1. The molecule has 180 valence electrons. The Balaban J connectivity index is 1.20. The molecular weight excluding hydrogens is 466 g/mol. The molecule has 7 heteroatoms. The smallest absolute Gasteiger partial charge is 0.415 e. The molecule has 0 aromatic heterocycles. The molecule has 2 aromatic rings. The van der Waals surface area contributed by atoms with Crippen LogP contribution in [0.1, 0.15) is 39.0 Å². The first kappa shape index (κ1) is 23.6. The van der Waals surface area contributed by atoms with Crippen LogP contribution in [0.3, 0.4) is 0 Å². The molecule has 0 aliphatic carbocycles. The van der Waals surface area contributed by atoms with Gasteiger partial charge < -0.3 is 14.5 Å². The summed E-state index contributed by atoms with van der Waals surface area (Å²) in [5, 5.41) is 0.768. The molecule has 0 atom stereocenters. The van der Waals surface area contributed by atoms with Crippen LogP contribution in [0.25, 0.3) is 0 Å². The Kier molecular flexibility index (Phi) is 6.83. The third-order valence-corrected chi connectivity index (χ3v) is 8.56. The van der Waals surface area contributed by atoms with E-state index < -0.39 is 5.60 Å². The topological polar surface area (TPSA) is 36.0 Å². The Labute approximate surface area is 211 Å². The van der Waals surface area contributed by atoms with Crippen LogP contribution < -0.4 is 4.90 Å². The van der Waals surface area contributed by atoms with E-state index in [1.165, 1.54) is 21.2 Å². The van der Waals surface area contributed by atoms with Gasteiger partial charge in [-0.1, -0.05) is 55.4 Å². The van der Waals surface area contributed by atoms with Gasteiger partial charge in [-0.3, -0.25) is 4.90 Å². The number of anilines is 2. The van der Waals surface area contributed by atoms with Crippen molar-refractivity contribution in [3.8, 4) is 0 Å². The van der Waals surface area contributed by atoms with Crippen molar-refractivity contribution in [3.63, 3.8) is 0 Å². The van der Waals surface area contributed by atoms with Crippen molar-refractivity contribution in [1.82, 2.24) is 9.80 Å². The molecule has 2 aromatic carbocycles. The minimum Gasteiger partial charge on any atom is -0.436 e. The average molecular weight is 498 g/mol. The number of benzene rings is 2. The van der Waals surface area contributed by atoms with Crippen LogP contribution in [-0.4, -0.2) is 54.2 Å². The number of likely N-dealkylation sites (tertiary alicyclic amines) is 1. The quantitative estimate of drug-likeness (QED) is 0.414. The van der Waals surface area contributed by atoms with E-state index in [4.69, 9.17) is 16.3 Å². The molecule has 34 heavy (non-hydrogen) atoms. The molecule has 5 rings (SSSR count). The third kappa shape index (κ3) is 4.43. The number of amides is 1. The van der Waals surface area contributed by atoms with Gasteiger partial charge in [0.05, 0.1) is 17.1 Å². The zero-order valence-corrected chi connectivity index (χ0v) is 21.3. The number of nitrogens with zero attached hydrogens (tertiary/aromatic N) is 3. The fraction of sp³-hybridized carbons (Fsp3) is 0.444. The van der Waals surface area contributed by atoms with Crippen molar-refractivity contribution in [2.75, 3.05) is 37.6 Å². The summed E-state index contributed by atoms with van der Waals surface area (Å²) in [5.41, 5.74) is 2.80. The highest BCUT2D eigenvalue weighted by molar-refractivity contribution is 7.99. The van der Waals surface area contributed by atoms with Gasteiger partial charge in [0.15, 0.2) is 5.60 Å². The molecule has 0 bridgehead atoms. The van der Waals surface area contributed by atoms with Gasteiger partial charge in [0, 0.05) is 53.8 Å². The van der Waals surface area contributed by atoms with E-state index in [-0.39, 0.29) is 6.09 Å². The van der Waals surface area contributed by atoms with Crippen molar-refractivity contribution in [2.24, 2.45) is 0 Å². The van der Waals surface area contributed by atoms with Gasteiger partial charge in [-0.05, 0) is 49.7 Å². The highest BCUT2D eigenvalue weighted by Crippen LogP contribution is 2.48. The van der Waals surface area contributed by atoms with Crippen LogP contribution in [0.2, 0.25) is 5.02 Å². The summed E-state index contributed by atoms with van der Waals surface area (Å²) in [6.45, 7) is 10.9. The van der Waals surface area contributed by atoms with Gasteiger partial charge >= 0.3 is 6.09 Å². The SMILES string of the molecule is C=C1N(CCCC)C(=O)OC12CCN(CCCN1c3ccccc3Sc3ccc(Cl)cc31)CC2. The first-order chi connectivity index (χ1) is 16.5. The summed E-state index contributed by atoms with van der Waals surface area (Å²) in [6, 6.07) is 14.8. The Morgan fingerprint density at radius 3 is 2.53 bits per heavy atom. The second-order valence-electron chi connectivity index (χ2n) is 9.34. The monoisotopic (exact) mass is 497 g/mol.